The number of rotatable bonds is 3. The molecule has 3 heterocycles. The number of methoxy groups -OCH3 is 1. The van der Waals surface area contributed by atoms with Gasteiger partial charge in [0.2, 0.25) is 0 Å². The Morgan fingerprint density at radius 1 is 1.44 bits per heavy atom. The molecular formula is C13H16N2O. The van der Waals surface area contributed by atoms with Gasteiger partial charge < -0.3 is 10.1 Å². The van der Waals surface area contributed by atoms with E-state index in [1.54, 1.807) is 13.3 Å². The Morgan fingerprint density at radius 2 is 2.38 bits per heavy atom. The Hall–Kier alpha value is -1.35. The molecule has 2 aliphatic heterocycles. The molecule has 2 aliphatic rings. The smallest absolute Gasteiger partial charge is 0.137 e. The molecule has 3 heteroatoms. The standard InChI is InChI=1S/C13H16N2O/c1-16-12-5-9(7-14-8-12)4-10-6-11-2-3-13(10)15-11/h5-8,11,13,15H,2-4H2,1H3. The lowest BCUT2D eigenvalue weighted by atomic mass is 9.94. The molecule has 0 amide bonds. The van der Waals surface area contributed by atoms with E-state index in [0.717, 1.165) is 12.2 Å². The van der Waals surface area contributed by atoms with Crippen molar-refractivity contribution in [2.24, 2.45) is 0 Å². The fraction of sp³-hybridized carbons (Fsp3) is 0.462. The summed E-state index contributed by atoms with van der Waals surface area (Å²) in [6.45, 7) is 0. The van der Waals surface area contributed by atoms with Gasteiger partial charge in [-0.2, -0.15) is 0 Å². The summed E-state index contributed by atoms with van der Waals surface area (Å²) >= 11 is 0. The van der Waals surface area contributed by atoms with E-state index in [4.69, 9.17) is 4.74 Å². The van der Waals surface area contributed by atoms with Crippen molar-refractivity contribution in [1.82, 2.24) is 10.3 Å². The van der Waals surface area contributed by atoms with E-state index >= 15 is 0 Å². The molecular weight excluding hydrogens is 200 g/mol. The molecule has 3 nitrogen and oxygen atoms in total. The quantitative estimate of drug-likeness (QED) is 0.781. The molecule has 3 rings (SSSR count). The molecule has 0 spiro atoms. The van der Waals surface area contributed by atoms with Crippen molar-refractivity contribution in [1.29, 1.82) is 0 Å². The lowest BCUT2D eigenvalue weighted by molar-refractivity contribution is 0.412. The van der Waals surface area contributed by atoms with E-state index in [2.05, 4.69) is 22.4 Å². The van der Waals surface area contributed by atoms with E-state index in [1.807, 2.05) is 6.20 Å². The van der Waals surface area contributed by atoms with E-state index in [-0.39, 0.29) is 0 Å². The van der Waals surface area contributed by atoms with Crippen molar-refractivity contribution in [3.63, 3.8) is 0 Å². The van der Waals surface area contributed by atoms with Crippen LogP contribution in [0.15, 0.2) is 30.1 Å². The van der Waals surface area contributed by atoms with Crippen LogP contribution in [-0.2, 0) is 6.42 Å². The fourth-order valence-corrected chi connectivity index (χ4v) is 2.66. The van der Waals surface area contributed by atoms with E-state index in [0.29, 0.717) is 12.1 Å². The zero-order chi connectivity index (χ0) is 11.0. The SMILES string of the molecule is COc1cncc(CC2=CC3CCC2N3)c1. The summed E-state index contributed by atoms with van der Waals surface area (Å²) in [4.78, 5) is 4.19. The van der Waals surface area contributed by atoms with Crippen LogP contribution in [-0.4, -0.2) is 24.2 Å². The van der Waals surface area contributed by atoms with E-state index < -0.39 is 0 Å². The third kappa shape index (κ3) is 1.71. The second kappa shape index (κ2) is 3.91. The van der Waals surface area contributed by atoms with Gasteiger partial charge in [0.15, 0.2) is 0 Å². The summed E-state index contributed by atoms with van der Waals surface area (Å²) in [5, 5.41) is 3.58. The molecule has 1 aromatic heterocycles. The highest BCUT2D eigenvalue weighted by atomic mass is 16.5. The van der Waals surface area contributed by atoms with Crippen LogP contribution in [0.2, 0.25) is 0 Å². The van der Waals surface area contributed by atoms with Gasteiger partial charge in [0.1, 0.15) is 5.75 Å². The Bertz CT molecular complexity index is 428. The highest BCUT2D eigenvalue weighted by molar-refractivity contribution is 5.33. The normalized spacial score (nSPS) is 26.9. The Morgan fingerprint density at radius 3 is 3.06 bits per heavy atom. The summed E-state index contributed by atoms with van der Waals surface area (Å²) in [5.74, 6) is 0.842. The van der Waals surface area contributed by atoms with Gasteiger partial charge >= 0.3 is 0 Å². The van der Waals surface area contributed by atoms with Gasteiger partial charge in [-0.3, -0.25) is 4.98 Å². The fourth-order valence-electron chi connectivity index (χ4n) is 2.66. The number of aromatic nitrogens is 1. The maximum absolute atomic E-state index is 5.18. The summed E-state index contributed by atoms with van der Waals surface area (Å²) < 4.78 is 5.18. The number of nitrogens with zero attached hydrogens (tertiary/aromatic N) is 1. The molecule has 1 aromatic rings. The molecule has 2 bridgehead atoms. The molecule has 0 saturated carbocycles. The van der Waals surface area contributed by atoms with Gasteiger partial charge in [-0.15, -0.1) is 0 Å². The van der Waals surface area contributed by atoms with Crippen LogP contribution in [0.5, 0.6) is 5.75 Å². The van der Waals surface area contributed by atoms with Crippen molar-refractivity contribution < 1.29 is 4.74 Å². The zero-order valence-corrected chi connectivity index (χ0v) is 9.44. The zero-order valence-electron chi connectivity index (χ0n) is 9.44. The van der Waals surface area contributed by atoms with Crippen LogP contribution in [0.4, 0.5) is 0 Å². The Labute approximate surface area is 95.5 Å². The molecule has 0 radical (unpaired) electrons. The molecule has 16 heavy (non-hydrogen) atoms. The van der Waals surface area contributed by atoms with Gasteiger partial charge in [0.25, 0.3) is 0 Å². The second-order valence-electron chi connectivity index (χ2n) is 4.55. The van der Waals surface area contributed by atoms with Crippen molar-refractivity contribution >= 4 is 0 Å². The summed E-state index contributed by atoms with van der Waals surface area (Å²) in [5.41, 5.74) is 2.76. The highest BCUT2D eigenvalue weighted by Gasteiger charge is 2.31. The first-order valence-corrected chi connectivity index (χ1v) is 5.80. The van der Waals surface area contributed by atoms with Gasteiger partial charge in [-0.25, -0.2) is 0 Å². The number of fused-ring (bicyclic) bond motifs is 2. The van der Waals surface area contributed by atoms with Crippen molar-refractivity contribution in [3.05, 3.63) is 35.7 Å². The summed E-state index contributed by atoms with van der Waals surface area (Å²) in [6, 6.07) is 3.30. The summed E-state index contributed by atoms with van der Waals surface area (Å²) in [7, 11) is 1.68. The molecule has 2 unspecified atom stereocenters. The predicted octanol–water partition coefficient (Wildman–Crippen LogP) is 1.69. The monoisotopic (exact) mass is 216 g/mol. The first-order valence-electron chi connectivity index (χ1n) is 5.80. The third-order valence-electron chi connectivity index (χ3n) is 3.46. The number of hydrogen-bond acceptors (Lipinski definition) is 3. The van der Waals surface area contributed by atoms with Gasteiger partial charge in [-0.1, -0.05) is 11.6 Å². The van der Waals surface area contributed by atoms with Crippen LogP contribution in [0.25, 0.3) is 0 Å². The second-order valence-corrected chi connectivity index (χ2v) is 4.55. The van der Waals surface area contributed by atoms with Gasteiger partial charge in [-0.05, 0) is 30.9 Å². The largest absolute Gasteiger partial charge is 0.495 e. The minimum Gasteiger partial charge on any atom is -0.495 e. The van der Waals surface area contributed by atoms with Crippen LogP contribution in [0, 0.1) is 0 Å². The molecule has 1 N–H and O–H groups in total. The maximum atomic E-state index is 5.18. The van der Waals surface area contributed by atoms with Gasteiger partial charge in [0, 0.05) is 18.3 Å². The number of ether oxygens (including phenoxy) is 1. The van der Waals surface area contributed by atoms with Crippen LogP contribution in [0.3, 0.4) is 0 Å². The van der Waals surface area contributed by atoms with E-state index in [9.17, 15) is 0 Å². The van der Waals surface area contributed by atoms with Crippen LogP contribution in [0.1, 0.15) is 18.4 Å². The lowest BCUT2D eigenvalue weighted by Gasteiger charge is -2.12. The topological polar surface area (TPSA) is 34.1 Å². The van der Waals surface area contributed by atoms with Crippen molar-refractivity contribution in [2.45, 2.75) is 31.3 Å². The van der Waals surface area contributed by atoms with Crippen molar-refractivity contribution in [3.8, 4) is 5.75 Å². The van der Waals surface area contributed by atoms with E-state index in [1.165, 1.54) is 24.0 Å². The molecule has 0 aliphatic carbocycles. The van der Waals surface area contributed by atoms with Crippen LogP contribution >= 0.6 is 0 Å². The molecule has 0 aromatic carbocycles. The average molecular weight is 216 g/mol. The highest BCUT2D eigenvalue weighted by Crippen LogP contribution is 2.30. The van der Waals surface area contributed by atoms with Crippen molar-refractivity contribution in [2.75, 3.05) is 7.11 Å². The predicted molar refractivity (Wildman–Crippen MR) is 62.5 cm³/mol. The first-order chi connectivity index (χ1) is 7.85. The number of pyridine rings is 1. The first kappa shape index (κ1) is 9.85. The lowest BCUT2D eigenvalue weighted by Crippen LogP contribution is -2.22. The van der Waals surface area contributed by atoms with Gasteiger partial charge in [0.05, 0.1) is 13.3 Å². The maximum Gasteiger partial charge on any atom is 0.137 e. The Balaban J connectivity index is 1.77. The number of nitrogens with one attached hydrogen (secondary N) is 1. The third-order valence-corrected chi connectivity index (χ3v) is 3.46. The average Bonchev–Trinajstić information content (AvgIpc) is 2.91. The summed E-state index contributed by atoms with van der Waals surface area (Å²) in [6.07, 6.45) is 9.64. The minimum atomic E-state index is 0.608. The van der Waals surface area contributed by atoms with Crippen LogP contribution < -0.4 is 10.1 Å². The molecule has 84 valence electrons. The Kier molecular flexibility index (Phi) is 2.40. The molecule has 1 saturated heterocycles. The minimum absolute atomic E-state index is 0.608. The molecule has 1 fully saturated rings. The number of hydrogen-bond donors (Lipinski definition) is 1. The molecule has 2 atom stereocenters.